The van der Waals surface area contributed by atoms with Crippen molar-refractivity contribution < 1.29 is 79.0 Å². The first-order chi connectivity index (χ1) is 38.0. The van der Waals surface area contributed by atoms with Crippen LogP contribution in [0.1, 0.15) is 209 Å². The molecule has 12 unspecified atom stereocenters. The number of carbonyl (C=O) groups excluding carboxylic acids is 4. The maximum Gasteiger partial charge on any atom is 4.00 e. The van der Waals surface area contributed by atoms with Gasteiger partial charge < -0.3 is 79.0 Å². The molecule has 4 fully saturated rings. The summed E-state index contributed by atoms with van der Waals surface area (Å²) in [6.45, 7) is 33.3. The summed E-state index contributed by atoms with van der Waals surface area (Å²) in [7, 11) is 0. The molecule has 0 aromatic rings. The summed E-state index contributed by atoms with van der Waals surface area (Å²) in [6, 6.07) is 0. The Labute approximate surface area is 499 Å². The van der Waals surface area contributed by atoms with E-state index in [2.05, 4.69) is 81.7 Å². The van der Waals surface area contributed by atoms with Crippen molar-refractivity contribution in [2.75, 3.05) is 52.9 Å². The number of hydrogen-bond donors (Lipinski definition) is 4. The molecule has 0 bridgehead atoms. The maximum atomic E-state index is 11.4. The molecular formula is C64H108GeO16. The second kappa shape index (κ2) is 37.5. The summed E-state index contributed by atoms with van der Waals surface area (Å²) >= 11 is 0. The Morgan fingerprint density at radius 2 is 0.519 bits per heavy atom. The zero-order valence-electron chi connectivity index (χ0n) is 51.3. The zero-order valence-corrected chi connectivity index (χ0v) is 53.4. The Balaban J connectivity index is 0.00000105. The van der Waals surface area contributed by atoms with Gasteiger partial charge in [-0.2, -0.15) is 0 Å². The van der Waals surface area contributed by atoms with Gasteiger partial charge in [-0.15, -0.1) is 26.3 Å². The van der Waals surface area contributed by atoms with Crippen LogP contribution in [0.15, 0.2) is 50.6 Å². The van der Waals surface area contributed by atoms with E-state index in [-0.39, 0.29) is 67.7 Å². The average molecular weight is 1210 g/mol. The Morgan fingerprint density at radius 3 is 0.642 bits per heavy atom. The number of rotatable bonds is 44. The summed E-state index contributed by atoms with van der Waals surface area (Å²) in [4.78, 5) is 45.7. The fourth-order valence-corrected chi connectivity index (χ4v) is 13.5. The van der Waals surface area contributed by atoms with Crippen LogP contribution in [0, 0.1) is 45.3 Å². The van der Waals surface area contributed by atoms with Gasteiger partial charge >= 0.3 is 17.6 Å². The molecule has 0 spiro atoms. The van der Waals surface area contributed by atoms with E-state index in [1.54, 1.807) is 24.3 Å². The molecule has 4 aliphatic rings. The van der Waals surface area contributed by atoms with Gasteiger partial charge in [-0.25, -0.2) is 0 Å². The summed E-state index contributed by atoms with van der Waals surface area (Å²) in [6.07, 6.45) is 27.0. The smallest absolute Gasteiger partial charge is 0.547 e. The predicted molar refractivity (Wildman–Crippen MR) is 310 cm³/mol. The molecule has 0 saturated heterocycles. The minimum Gasteiger partial charge on any atom is -0.547 e. The van der Waals surface area contributed by atoms with Gasteiger partial charge in [-0.3, -0.25) is 0 Å². The number of aliphatic carboxylic acids is 4. The third-order valence-electron chi connectivity index (χ3n) is 18.3. The second-order valence-electron chi connectivity index (χ2n) is 23.2. The van der Waals surface area contributed by atoms with E-state index in [9.17, 15) is 60.0 Å². The zero-order chi connectivity index (χ0) is 60.9. The van der Waals surface area contributed by atoms with Crippen molar-refractivity contribution in [3.8, 4) is 0 Å². The van der Waals surface area contributed by atoms with Gasteiger partial charge in [0.15, 0.2) is 0 Å². The Kier molecular flexibility index (Phi) is 36.1. The van der Waals surface area contributed by atoms with Crippen molar-refractivity contribution in [2.24, 2.45) is 45.3 Å². The number of carboxylic acids is 4. The number of ether oxygens (including phenoxy) is 4. The van der Waals surface area contributed by atoms with Crippen LogP contribution in [-0.2, 0) is 38.1 Å². The van der Waals surface area contributed by atoms with Gasteiger partial charge in [0.1, 0.15) is 22.4 Å². The summed E-state index contributed by atoms with van der Waals surface area (Å²) in [5.41, 5.74) is -9.62. The quantitative estimate of drug-likeness (QED) is 0.0297. The molecule has 12 atom stereocenters. The molecular weight excluding hydrogens is 1100 g/mol. The number of carbonyl (C=O) groups is 4. The van der Waals surface area contributed by atoms with Crippen molar-refractivity contribution in [1.29, 1.82) is 0 Å². The SMILES string of the molecule is C=CCOCC1(CCCC)C(CCCC)C1(O)C(=O)[O-].C=CCOCC1(CCCC)C(CCCC)C1(O)C(=O)[O-].C=CCOCC1(CCCC)C(CCCC)C1(O)C(=O)[O-].C=CCOCC1(CCCC)C(CCCC)C1(O)C(=O)[O-].[Ge+4]. The van der Waals surface area contributed by atoms with Gasteiger partial charge in [0, 0.05) is 45.3 Å². The Bertz CT molecular complexity index is 1640. The van der Waals surface area contributed by atoms with Crippen molar-refractivity contribution in [1.82, 2.24) is 0 Å². The standard InChI is InChI=1S/4C16H28O4.Ge/c4*1-4-7-9-13-15(10-8-5-2,12-20-11-6-3)16(13,19)14(17)18;/h4*6,13,19H,3-5,7-12H2,1-2H3,(H,17,18);/q;;;;+4/p-4. The van der Waals surface area contributed by atoms with Crippen molar-refractivity contribution in [3.05, 3.63) is 50.6 Å². The fourth-order valence-electron chi connectivity index (χ4n) is 13.5. The maximum absolute atomic E-state index is 11.4. The van der Waals surface area contributed by atoms with E-state index in [4.69, 9.17) is 18.9 Å². The van der Waals surface area contributed by atoms with Gasteiger partial charge in [-0.05, 0) is 51.4 Å². The molecule has 81 heavy (non-hydrogen) atoms. The summed E-state index contributed by atoms with van der Waals surface area (Å²) in [5.74, 6) is -6.41. The molecule has 464 valence electrons. The van der Waals surface area contributed by atoms with Gasteiger partial charge in [0.2, 0.25) is 0 Å². The normalized spacial score (nSPS) is 31.7. The van der Waals surface area contributed by atoms with E-state index in [0.717, 1.165) is 103 Å². The number of unbranched alkanes of at least 4 members (excludes halogenated alkanes) is 8. The van der Waals surface area contributed by atoms with Crippen LogP contribution < -0.4 is 20.4 Å². The second-order valence-corrected chi connectivity index (χ2v) is 23.2. The molecule has 4 N–H and O–H groups in total. The molecule has 4 saturated carbocycles. The monoisotopic (exact) mass is 1210 g/mol. The third kappa shape index (κ3) is 17.6. The first-order valence-electron chi connectivity index (χ1n) is 30.5. The molecule has 4 rings (SSSR count). The van der Waals surface area contributed by atoms with Gasteiger partial charge in [0.05, 0.1) is 76.7 Å². The number of carboxylic acid groups (broad SMARTS) is 4. The van der Waals surface area contributed by atoms with Crippen LogP contribution in [0.25, 0.3) is 0 Å². The number of hydrogen-bond acceptors (Lipinski definition) is 16. The van der Waals surface area contributed by atoms with Crippen molar-refractivity contribution in [2.45, 2.75) is 232 Å². The molecule has 0 aliphatic heterocycles. The minimum absolute atomic E-state index is 0. The molecule has 0 amide bonds. The van der Waals surface area contributed by atoms with Crippen LogP contribution in [0.4, 0.5) is 0 Å². The van der Waals surface area contributed by atoms with Crippen LogP contribution in [0.3, 0.4) is 0 Å². The van der Waals surface area contributed by atoms with E-state index >= 15 is 0 Å². The molecule has 0 radical (unpaired) electrons. The van der Waals surface area contributed by atoms with Gasteiger partial charge in [0.25, 0.3) is 0 Å². The Morgan fingerprint density at radius 1 is 0.358 bits per heavy atom. The van der Waals surface area contributed by atoms with Crippen LogP contribution in [-0.4, -0.2) is 137 Å². The van der Waals surface area contributed by atoms with Crippen molar-refractivity contribution >= 4 is 41.5 Å². The van der Waals surface area contributed by atoms with Crippen molar-refractivity contribution in [3.63, 3.8) is 0 Å². The average Bonchev–Trinajstić information content (AvgIpc) is 4.38. The molecule has 16 nitrogen and oxygen atoms in total. The van der Waals surface area contributed by atoms with E-state index in [1.165, 1.54) is 0 Å². The number of aliphatic hydroxyl groups is 4. The predicted octanol–water partition coefficient (Wildman–Crippen LogP) is 6.29. The van der Waals surface area contributed by atoms with Crippen LogP contribution in [0.5, 0.6) is 0 Å². The van der Waals surface area contributed by atoms with Crippen LogP contribution in [0.2, 0.25) is 0 Å². The third-order valence-corrected chi connectivity index (χ3v) is 18.3. The minimum atomic E-state index is -1.72. The van der Waals surface area contributed by atoms with E-state index in [0.29, 0.717) is 77.8 Å². The summed E-state index contributed by atoms with van der Waals surface area (Å²) in [5, 5.41) is 88.0. The molecule has 4 aliphatic carbocycles. The summed E-state index contributed by atoms with van der Waals surface area (Å²) < 4.78 is 22.0. The molecule has 0 aromatic carbocycles. The Hall–Kier alpha value is -2.94. The topological polar surface area (TPSA) is 278 Å². The molecule has 0 heterocycles. The first kappa shape index (κ1) is 78.1. The van der Waals surface area contributed by atoms with Crippen LogP contribution >= 0.6 is 0 Å². The first-order valence-corrected chi connectivity index (χ1v) is 30.5. The van der Waals surface area contributed by atoms with Gasteiger partial charge in [-0.1, -0.05) is 182 Å². The van der Waals surface area contributed by atoms with E-state index in [1.807, 2.05) is 0 Å². The fraction of sp³-hybridized carbons (Fsp3) is 0.812. The largest absolute Gasteiger partial charge is 4.00 e. The molecule has 0 aromatic heterocycles. The molecule has 17 heteroatoms. The van der Waals surface area contributed by atoms with E-state index < -0.39 is 67.9 Å².